The number of carbonyl (C=O) groups excluding carboxylic acids is 2. The first kappa shape index (κ1) is 15.3. The third-order valence-corrected chi connectivity index (χ3v) is 4.33. The number of nitrogens with one attached hydrogen (secondary N) is 1. The number of aryl methyl sites for hydroxylation is 2. The summed E-state index contributed by atoms with van der Waals surface area (Å²) >= 11 is 0. The largest absolute Gasteiger partial charge is 0.469 e. The molecule has 23 heavy (non-hydrogen) atoms. The second-order valence-corrected chi connectivity index (χ2v) is 5.97. The number of aromatic nitrogens is 2. The summed E-state index contributed by atoms with van der Waals surface area (Å²) < 4.78 is 7.06. The molecule has 1 fully saturated rings. The summed E-state index contributed by atoms with van der Waals surface area (Å²) in [7, 11) is 3.69. The number of hydrogen-bond acceptors (Lipinski definition) is 4. The molecule has 0 bridgehead atoms. The molecule has 1 saturated heterocycles. The zero-order valence-corrected chi connectivity index (χ0v) is 13.4. The van der Waals surface area contributed by atoms with Gasteiger partial charge in [-0.1, -0.05) is 0 Å². The molecule has 0 unspecified atom stereocenters. The average molecular weight is 316 g/mol. The molecule has 0 aliphatic carbocycles. The molecule has 0 spiro atoms. The lowest BCUT2D eigenvalue weighted by Gasteiger charge is -2.24. The van der Waals surface area contributed by atoms with E-state index in [0.29, 0.717) is 24.3 Å². The molecule has 0 saturated carbocycles. The number of amides is 2. The third kappa shape index (κ3) is 2.86. The third-order valence-electron chi connectivity index (χ3n) is 4.33. The van der Waals surface area contributed by atoms with Crippen molar-refractivity contribution in [3.63, 3.8) is 0 Å². The Morgan fingerprint density at radius 3 is 2.87 bits per heavy atom. The van der Waals surface area contributed by atoms with Crippen molar-refractivity contribution in [2.45, 2.75) is 19.4 Å². The van der Waals surface area contributed by atoms with Gasteiger partial charge in [-0.05, 0) is 13.0 Å². The van der Waals surface area contributed by atoms with Crippen LogP contribution < -0.4 is 5.32 Å². The molecule has 2 atom stereocenters. The quantitative estimate of drug-likeness (QED) is 0.921. The Balaban J connectivity index is 1.72. The van der Waals surface area contributed by atoms with Crippen LogP contribution in [0.15, 0.2) is 29.1 Å². The normalized spacial score (nSPS) is 21.0. The van der Waals surface area contributed by atoms with E-state index in [0.717, 1.165) is 5.82 Å². The van der Waals surface area contributed by atoms with Crippen LogP contribution in [0.4, 0.5) is 0 Å². The fourth-order valence-corrected chi connectivity index (χ4v) is 3.07. The van der Waals surface area contributed by atoms with Crippen LogP contribution in [-0.4, -0.2) is 39.9 Å². The van der Waals surface area contributed by atoms with E-state index < -0.39 is 0 Å². The highest BCUT2D eigenvalue weighted by Gasteiger charge is 2.40. The Kier molecular flexibility index (Phi) is 3.94. The zero-order chi connectivity index (χ0) is 16.6. The van der Waals surface area contributed by atoms with Crippen LogP contribution >= 0.6 is 0 Å². The summed E-state index contributed by atoms with van der Waals surface area (Å²) in [5.74, 6) is 1.39. The molecule has 3 heterocycles. The van der Waals surface area contributed by atoms with Crippen molar-refractivity contribution in [2.24, 2.45) is 13.0 Å². The van der Waals surface area contributed by atoms with Gasteiger partial charge in [-0.2, -0.15) is 0 Å². The van der Waals surface area contributed by atoms with E-state index in [1.54, 1.807) is 31.1 Å². The smallest absolute Gasteiger partial charge is 0.254 e. The number of carbonyl (C=O) groups is 2. The highest BCUT2D eigenvalue weighted by molar-refractivity contribution is 5.94. The summed E-state index contributed by atoms with van der Waals surface area (Å²) in [6, 6.07) is 1.56. The first-order valence-electron chi connectivity index (χ1n) is 7.53. The maximum Gasteiger partial charge on any atom is 0.254 e. The minimum absolute atomic E-state index is 0.00875. The van der Waals surface area contributed by atoms with Crippen LogP contribution in [-0.2, 0) is 11.8 Å². The summed E-state index contributed by atoms with van der Waals surface area (Å²) in [5, 5.41) is 2.89. The van der Waals surface area contributed by atoms with Gasteiger partial charge in [0.15, 0.2) is 0 Å². The summed E-state index contributed by atoms with van der Waals surface area (Å²) in [6.07, 6.45) is 5.41. The van der Waals surface area contributed by atoms with Crippen LogP contribution in [0.1, 0.15) is 34.4 Å². The predicted molar refractivity (Wildman–Crippen MR) is 82.6 cm³/mol. The standard InChI is InChI=1S/C16H20N4O3/c1-10-6-12(9-23-10)16(22)18-8-11-7-13(21)20(3)14(11)15-17-4-5-19(15)2/h4-6,9,11,14H,7-8H2,1-3H3,(H,18,22)/t11-,14+/m0/s1. The maximum absolute atomic E-state index is 12.1. The van der Waals surface area contributed by atoms with Gasteiger partial charge in [0.25, 0.3) is 5.91 Å². The lowest BCUT2D eigenvalue weighted by molar-refractivity contribution is -0.127. The van der Waals surface area contributed by atoms with E-state index in [4.69, 9.17) is 4.42 Å². The van der Waals surface area contributed by atoms with Gasteiger partial charge < -0.3 is 19.2 Å². The SMILES string of the molecule is Cc1cc(C(=O)NC[C@@H]2CC(=O)N(C)[C@H]2c2nccn2C)co1. The van der Waals surface area contributed by atoms with Gasteiger partial charge in [-0.3, -0.25) is 9.59 Å². The molecule has 0 radical (unpaired) electrons. The van der Waals surface area contributed by atoms with E-state index in [-0.39, 0.29) is 23.8 Å². The van der Waals surface area contributed by atoms with E-state index in [2.05, 4.69) is 10.3 Å². The van der Waals surface area contributed by atoms with Crippen molar-refractivity contribution in [2.75, 3.05) is 13.6 Å². The van der Waals surface area contributed by atoms with Gasteiger partial charge >= 0.3 is 0 Å². The lowest BCUT2D eigenvalue weighted by Crippen LogP contribution is -2.33. The molecule has 1 aliphatic heterocycles. The number of rotatable bonds is 4. The van der Waals surface area contributed by atoms with Gasteiger partial charge in [0, 0.05) is 45.4 Å². The summed E-state index contributed by atoms with van der Waals surface area (Å²) in [6.45, 7) is 2.20. The topological polar surface area (TPSA) is 80.4 Å². The maximum atomic E-state index is 12.1. The number of imidazole rings is 1. The molecule has 0 aromatic carbocycles. The average Bonchev–Trinajstić information content (AvgIpc) is 3.19. The summed E-state index contributed by atoms with van der Waals surface area (Å²) in [5.41, 5.74) is 0.494. The van der Waals surface area contributed by atoms with Gasteiger partial charge in [0.05, 0.1) is 11.6 Å². The Labute approximate surface area is 134 Å². The van der Waals surface area contributed by atoms with E-state index in [1.165, 1.54) is 6.26 Å². The molecule has 3 rings (SSSR count). The van der Waals surface area contributed by atoms with Crippen molar-refractivity contribution in [1.82, 2.24) is 19.8 Å². The molecule has 2 amide bonds. The van der Waals surface area contributed by atoms with Crippen LogP contribution in [0, 0.1) is 12.8 Å². The van der Waals surface area contributed by atoms with Gasteiger partial charge in [-0.25, -0.2) is 4.98 Å². The number of furan rings is 1. The second kappa shape index (κ2) is 5.91. The second-order valence-electron chi connectivity index (χ2n) is 5.97. The van der Waals surface area contributed by atoms with Crippen LogP contribution in [0.25, 0.3) is 0 Å². The van der Waals surface area contributed by atoms with Crippen molar-refractivity contribution in [3.8, 4) is 0 Å². The van der Waals surface area contributed by atoms with Gasteiger partial charge in [0.1, 0.15) is 17.8 Å². The molecule has 2 aromatic heterocycles. The summed E-state index contributed by atoms with van der Waals surface area (Å²) in [4.78, 5) is 30.3. The molecule has 7 nitrogen and oxygen atoms in total. The van der Waals surface area contributed by atoms with Crippen molar-refractivity contribution < 1.29 is 14.0 Å². The minimum atomic E-state index is -0.192. The fraction of sp³-hybridized carbons (Fsp3) is 0.438. The Bertz CT molecular complexity index is 733. The molecule has 1 aliphatic rings. The van der Waals surface area contributed by atoms with Crippen LogP contribution in [0.2, 0.25) is 0 Å². The van der Waals surface area contributed by atoms with Crippen LogP contribution in [0.3, 0.4) is 0 Å². The number of hydrogen-bond donors (Lipinski definition) is 1. The van der Waals surface area contributed by atoms with E-state index >= 15 is 0 Å². The van der Waals surface area contributed by atoms with Crippen molar-refractivity contribution in [1.29, 1.82) is 0 Å². The molecular formula is C16H20N4O3. The van der Waals surface area contributed by atoms with E-state index in [9.17, 15) is 9.59 Å². The molecule has 2 aromatic rings. The molecular weight excluding hydrogens is 296 g/mol. The number of likely N-dealkylation sites (tertiary alicyclic amines) is 1. The Hall–Kier alpha value is -2.57. The van der Waals surface area contributed by atoms with Crippen molar-refractivity contribution >= 4 is 11.8 Å². The van der Waals surface area contributed by atoms with Gasteiger partial charge in [0.2, 0.25) is 5.91 Å². The van der Waals surface area contributed by atoms with E-state index in [1.807, 2.05) is 17.8 Å². The first-order chi connectivity index (χ1) is 11.0. The number of nitrogens with zero attached hydrogens (tertiary/aromatic N) is 3. The zero-order valence-electron chi connectivity index (χ0n) is 13.4. The lowest BCUT2D eigenvalue weighted by atomic mass is 9.99. The fourth-order valence-electron chi connectivity index (χ4n) is 3.07. The molecule has 7 heteroatoms. The monoisotopic (exact) mass is 316 g/mol. The van der Waals surface area contributed by atoms with Crippen LogP contribution in [0.5, 0.6) is 0 Å². The Morgan fingerprint density at radius 2 is 2.26 bits per heavy atom. The molecule has 122 valence electrons. The van der Waals surface area contributed by atoms with Gasteiger partial charge in [-0.15, -0.1) is 0 Å². The highest BCUT2D eigenvalue weighted by atomic mass is 16.3. The Morgan fingerprint density at radius 1 is 1.48 bits per heavy atom. The first-order valence-corrected chi connectivity index (χ1v) is 7.53. The van der Waals surface area contributed by atoms with Crippen molar-refractivity contribution in [3.05, 3.63) is 41.9 Å². The minimum Gasteiger partial charge on any atom is -0.469 e. The predicted octanol–water partition coefficient (Wildman–Crippen LogP) is 1.27. The highest BCUT2D eigenvalue weighted by Crippen LogP contribution is 2.35. The molecule has 1 N–H and O–H groups in total.